The van der Waals surface area contributed by atoms with E-state index in [1.54, 1.807) is 0 Å². The number of rotatable bonds is 3. The fourth-order valence-corrected chi connectivity index (χ4v) is 2.93. The number of hydrogen-bond acceptors (Lipinski definition) is 1. The molecule has 0 amide bonds. The van der Waals surface area contributed by atoms with Crippen LogP contribution in [0.1, 0.15) is 44.6 Å². The van der Waals surface area contributed by atoms with E-state index in [1.807, 2.05) is 0 Å². The summed E-state index contributed by atoms with van der Waals surface area (Å²) in [6.45, 7) is 5.16. The van der Waals surface area contributed by atoms with Crippen molar-refractivity contribution in [1.82, 2.24) is 0 Å². The summed E-state index contributed by atoms with van der Waals surface area (Å²) in [6.07, 6.45) is 6.32. The van der Waals surface area contributed by atoms with Crippen molar-refractivity contribution in [2.45, 2.75) is 46.0 Å². The second-order valence-electron chi connectivity index (χ2n) is 5.25. The summed E-state index contributed by atoms with van der Waals surface area (Å²) in [6, 6.07) is 8.40. The first-order valence-corrected chi connectivity index (χ1v) is 7.15. The average Bonchev–Trinajstić information content (AvgIpc) is 2.42. The van der Waals surface area contributed by atoms with E-state index in [2.05, 4.69) is 43.0 Å². The lowest BCUT2D eigenvalue weighted by atomic mass is 9.87. The van der Waals surface area contributed by atoms with Crippen molar-refractivity contribution in [2.24, 2.45) is 5.92 Å². The molecule has 0 heterocycles. The highest BCUT2D eigenvalue weighted by Crippen LogP contribution is 2.28. The number of hydrogen-bond donors (Lipinski definition) is 1. The van der Waals surface area contributed by atoms with Gasteiger partial charge in [-0.25, -0.2) is 0 Å². The maximum absolute atomic E-state index is 8.50. The molecule has 1 aromatic rings. The highest BCUT2D eigenvalue weighted by atomic mass is 15.2. The molecule has 2 heteroatoms. The fourth-order valence-electron chi connectivity index (χ4n) is 2.93. The van der Waals surface area contributed by atoms with Gasteiger partial charge in [-0.3, -0.25) is 5.41 Å². The number of anilines is 1. The molecule has 0 saturated heterocycles. The molecule has 2 rings (SSSR count). The van der Waals surface area contributed by atoms with Gasteiger partial charge in [-0.2, -0.15) is 0 Å². The molecule has 1 aliphatic rings. The Morgan fingerprint density at radius 1 is 1.22 bits per heavy atom. The van der Waals surface area contributed by atoms with E-state index in [0.29, 0.717) is 5.92 Å². The average molecular weight is 244 g/mol. The molecule has 2 nitrogen and oxygen atoms in total. The van der Waals surface area contributed by atoms with Crippen LogP contribution < -0.4 is 4.90 Å². The molecule has 0 bridgehead atoms. The van der Waals surface area contributed by atoms with Crippen LogP contribution in [0.2, 0.25) is 0 Å². The van der Waals surface area contributed by atoms with Crippen molar-refractivity contribution in [2.75, 3.05) is 11.4 Å². The van der Waals surface area contributed by atoms with Gasteiger partial charge < -0.3 is 4.90 Å². The molecule has 1 fully saturated rings. The van der Waals surface area contributed by atoms with Crippen molar-refractivity contribution in [3.8, 4) is 0 Å². The molecule has 0 radical (unpaired) electrons. The Morgan fingerprint density at radius 2 is 1.89 bits per heavy atom. The predicted octanol–water partition coefficient (Wildman–Crippen LogP) is 4.38. The Kier molecular flexibility index (Phi) is 4.40. The number of aryl methyl sites for hydroxylation is 1. The van der Waals surface area contributed by atoms with Crippen LogP contribution in [-0.2, 0) is 0 Å². The van der Waals surface area contributed by atoms with Gasteiger partial charge in [0.15, 0.2) is 0 Å². The van der Waals surface area contributed by atoms with Gasteiger partial charge in [0.25, 0.3) is 0 Å². The summed E-state index contributed by atoms with van der Waals surface area (Å²) in [4.78, 5) is 2.19. The lowest BCUT2D eigenvalue weighted by Gasteiger charge is -2.32. The molecule has 1 N–H and O–H groups in total. The minimum atomic E-state index is 0.471. The van der Waals surface area contributed by atoms with Crippen LogP contribution in [0.5, 0.6) is 0 Å². The van der Waals surface area contributed by atoms with Crippen molar-refractivity contribution in [1.29, 1.82) is 5.41 Å². The number of amidine groups is 1. The van der Waals surface area contributed by atoms with Gasteiger partial charge in [0.2, 0.25) is 0 Å². The quantitative estimate of drug-likeness (QED) is 0.620. The third kappa shape index (κ3) is 2.74. The van der Waals surface area contributed by atoms with E-state index >= 15 is 0 Å². The first kappa shape index (κ1) is 13.1. The lowest BCUT2D eigenvalue weighted by Crippen LogP contribution is -2.36. The van der Waals surface area contributed by atoms with Crippen LogP contribution in [0, 0.1) is 18.3 Å². The number of para-hydroxylation sites is 1. The van der Waals surface area contributed by atoms with Crippen LogP contribution in [0.15, 0.2) is 24.3 Å². The molecule has 0 atom stereocenters. The molecule has 1 aliphatic carbocycles. The van der Waals surface area contributed by atoms with E-state index in [0.717, 1.165) is 12.4 Å². The zero-order chi connectivity index (χ0) is 13.0. The molecular formula is C16H24N2. The van der Waals surface area contributed by atoms with Gasteiger partial charge in [0.05, 0.1) is 0 Å². The zero-order valence-corrected chi connectivity index (χ0v) is 11.6. The van der Waals surface area contributed by atoms with E-state index in [4.69, 9.17) is 5.41 Å². The number of benzene rings is 1. The minimum absolute atomic E-state index is 0.471. The SMILES string of the molecule is CCN(C(=N)C1CCCCC1)c1ccccc1C. The standard InChI is InChI=1S/C16H24N2/c1-3-18(15-12-8-7-9-13(15)2)16(17)14-10-5-4-6-11-14/h7-9,12,14,17H,3-6,10-11H2,1-2H3. The highest BCUT2D eigenvalue weighted by molar-refractivity contribution is 5.97. The second kappa shape index (κ2) is 6.03. The summed E-state index contributed by atoms with van der Waals surface area (Å²) < 4.78 is 0. The summed E-state index contributed by atoms with van der Waals surface area (Å²) >= 11 is 0. The third-order valence-electron chi connectivity index (χ3n) is 4.01. The molecule has 0 spiro atoms. The second-order valence-corrected chi connectivity index (χ2v) is 5.25. The lowest BCUT2D eigenvalue weighted by molar-refractivity contribution is 0.434. The summed E-state index contributed by atoms with van der Waals surface area (Å²) in [7, 11) is 0. The topological polar surface area (TPSA) is 27.1 Å². The minimum Gasteiger partial charge on any atom is -0.330 e. The van der Waals surface area contributed by atoms with E-state index < -0.39 is 0 Å². The molecule has 0 aromatic heterocycles. The van der Waals surface area contributed by atoms with Crippen LogP contribution >= 0.6 is 0 Å². The van der Waals surface area contributed by atoms with Gasteiger partial charge >= 0.3 is 0 Å². The van der Waals surface area contributed by atoms with Gasteiger partial charge in [-0.05, 0) is 38.3 Å². The fraction of sp³-hybridized carbons (Fsp3) is 0.562. The Bertz CT molecular complexity index is 405. The zero-order valence-electron chi connectivity index (χ0n) is 11.6. The number of nitrogens with zero attached hydrogens (tertiary/aromatic N) is 1. The molecule has 98 valence electrons. The molecule has 18 heavy (non-hydrogen) atoms. The van der Waals surface area contributed by atoms with Crippen molar-refractivity contribution < 1.29 is 0 Å². The maximum Gasteiger partial charge on any atom is 0.103 e. The Morgan fingerprint density at radius 3 is 2.50 bits per heavy atom. The molecule has 0 unspecified atom stereocenters. The van der Waals surface area contributed by atoms with Crippen molar-refractivity contribution in [3.63, 3.8) is 0 Å². The van der Waals surface area contributed by atoms with Crippen LogP contribution in [0.3, 0.4) is 0 Å². The summed E-state index contributed by atoms with van der Waals surface area (Å²) in [5.41, 5.74) is 2.47. The van der Waals surface area contributed by atoms with Crippen LogP contribution in [0.25, 0.3) is 0 Å². The largest absolute Gasteiger partial charge is 0.330 e. The summed E-state index contributed by atoms with van der Waals surface area (Å²) in [5, 5.41) is 8.50. The molecule has 0 aliphatic heterocycles. The molecule has 1 aromatic carbocycles. The molecular weight excluding hydrogens is 220 g/mol. The first-order chi connectivity index (χ1) is 8.74. The van der Waals surface area contributed by atoms with Crippen LogP contribution in [0.4, 0.5) is 5.69 Å². The Hall–Kier alpha value is -1.31. The number of nitrogens with one attached hydrogen (secondary N) is 1. The van der Waals surface area contributed by atoms with E-state index in [1.165, 1.54) is 43.4 Å². The highest BCUT2D eigenvalue weighted by Gasteiger charge is 2.23. The van der Waals surface area contributed by atoms with E-state index in [-0.39, 0.29) is 0 Å². The van der Waals surface area contributed by atoms with Gasteiger partial charge in [-0.1, -0.05) is 37.5 Å². The van der Waals surface area contributed by atoms with Crippen LogP contribution in [-0.4, -0.2) is 12.4 Å². The van der Waals surface area contributed by atoms with Crippen molar-refractivity contribution >= 4 is 11.5 Å². The summed E-state index contributed by atoms with van der Waals surface area (Å²) in [5.74, 6) is 1.30. The maximum atomic E-state index is 8.50. The third-order valence-corrected chi connectivity index (χ3v) is 4.01. The van der Waals surface area contributed by atoms with Gasteiger partial charge in [0, 0.05) is 18.2 Å². The molecule has 1 saturated carbocycles. The first-order valence-electron chi connectivity index (χ1n) is 7.15. The van der Waals surface area contributed by atoms with Crippen molar-refractivity contribution in [3.05, 3.63) is 29.8 Å². The Balaban J connectivity index is 2.17. The monoisotopic (exact) mass is 244 g/mol. The van der Waals surface area contributed by atoms with Gasteiger partial charge in [-0.15, -0.1) is 0 Å². The Labute approximate surface area is 111 Å². The normalized spacial score (nSPS) is 16.6. The smallest absolute Gasteiger partial charge is 0.103 e. The van der Waals surface area contributed by atoms with Gasteiger partial charge in [0.1, 0.15) is 5.84 Å². The van der Waals surface area contributed by atoms with E-state index in [9.17, 15) is 0 Å². The predicted molar refractivity (Wildman–Crippen MR) is 78.5 cm³/mol.